The second kappa shape index (κ2) is 7.77. The van der Waals surface area contributed by atoms with Crippen molar-refractivity contribution in [2.45, 2.75) is 32.9 Å². The van der Waals surface area contributed by atoms with Gasteiger partial charge in [-0.15, -0.1) is 0 Å². The summed E-state index contributed by atoms with van der Waals surface area (Å²) in [5, 5.41) is 2.96. The van der Waals surface area contributed by atoms with E-state index in [0.29, 0.717) is 18.8 Å². The zero-order valence-electron chi connectivity index (χ0n) is 14.8. The van der Waals surface area contributed by atoms with Crippen LogP contribution >= 0.6 is 0 Å². The smallest absolute Gasteiger partial charge is 0.263 e. The Balaban J connectivity index is 1.80. The van der Waals surface area contributed by atoms with E-state index < -0.39 is 11.5 Å². The molecule has 0 spiro atoms. The van der Waals surface area contributed by atoms with Crippen molar-refractivity contribution in [3.05, 3.63) is 82.1 Å². The molecule has 2 aromatic heterocycles. The summed E-state index contributed by atoms with van der Waals surface area (Å²) < 4.78 is 2.03. The predicted octanol–water partition coefficient (Wildman–Crippen LogP) is 2.14. The second-order valence-corrected chi connectivity index (χ2v) is 6.10. The van der Waals surface area contributed by atoms with Gasteiger partial charge in [0.1, 0.15) is 17.2 Å². The maximum absolute atomic E-state index is 12.6. The van der Waals surface area contributed by atoms with E-state index in [0.717, 1.165) is 11.4 Å². The largest absolute Gasteiger partial charge is 0.345 e. The Morgan fingerprint density at radius 2 is 2.00 bits per heavy atom. The zero-order valence-corrected chi connectivity index (χ0v) is 14.8. The van der Waals surface area contributed by atoms with E-state index in [1.807, 2.05) is 48.0 Å². The number of carbonyl (C=O) groups is 1. The van der Waals surface area contributed by atoms with Crippen molar-refractivity contribution in [3.63, 3.8) is 0 Å². The summed E-state index contributed by atoms with van der Waals surface area (Å²) in [7, 11) is 0. The Bertz CT molecular complexity index is 946. The standard InChI is InChI=1S/C19H21N5O2/c1-13-21-12-16(18(25)22-13)19(26)23-17(15-6-4-3-5-7-15)8-10-24-11-9-20-14(24)2/h3-7,9,11-12,17H,8,10H2,1-2H3,(H,23,26)(H,21,22,25). The molecule has 0 aliphatic heterocycles. The number of H-pyrrole nitrogens is 1. The maximum atomic E-state index is 12.6. The van der Waals surface area contributed by atoms with Crippen molar-refractivity contribution >= 4 is 5.91 Å². The first-order valence-corrected chi connectivity index (χ1v) is 8.44. The molecule has 2 N–H and O–H groups in total. The zero-order chi connectivity index (χ0) is 18.5. The minimum Gasteiger partial charge on any atom is -0.345 e. The monoisotopic (exact) mass is 351 g/mol. The summed E-state index contributed by atoms with van der Waals surface area (Å²) >= 11 is 0. The van der Waals surface area contributed by atoms with Crippen molar-refractivity contribution in [1.29, 1.82) is 0 Å². The van der Waals surface area contributed by atoms with Crippen LogP contribution in [0.15, 0.2) is 53.7 Å². The average molecular weight is 351 g/mol. The van der Waals surface area contributed by atoms with Crippen molar-refractivity contribution in [1.82, 2.24) is 24.8 Å². The van der Waals surface area contributed by atoms with E-state index in [9.17, 15) is 9.59 Å². The number of hydrogen-bond donors (Lipinski definition) is 2. The highest BCUT2D eigenvalue weighted by Gasteiger charge is 2.18. The SMILES string of the molecule is Cc1ncc(C(=O)NC(CCn2ccnc2C)c2ccccc2)c(=O)[nH]1. The van der Waals surface area contributed by atoms with Gasteiger partial charge >= 0.3 is 0 Å². The van der Waals surface area contributed by atoms with Crippen molar-refractivity contribution in [2.75, 3.05) is 0 Å². The predicted molar refractivity (Wildman–Crippen MR) is 97.8 cm³/mol. The molecule has 26 heavy (non-hydrogen) atoms. The first-order valence-electron chi connectivity index (χ1n) is 8.44. The molecular formula is C19H21N5O2. The summed E-state index contributed by atoms with van der Waals surface area (Å²) in [5.74, 6) is 0.957. The first kappa shape index (κ1) is 17.6. The molecule has 1 amide bonds. The third-order valence-corrected chi connectivity index (χ3v) is 4.26. The number of rotatable bonds is 6. The Morgan fingerprint density at radius 3 is 2.65 bits per heavy atom. The van der Waals surface area contributed by atoms with Crippen molar-refractivity contribution < 1.29 is 4.79 Å². The topological polar surface area (TPSA) is 92.7 Å². The highest BCUT2D eigenvalue weighted by molar-refractivity contribution is 5.93. The highest BCUT2D eigenvalue weighted by atomic mass is 16.2. The van der Waals surface area contributed by atoms with E-state index in [1.165, 1.54) is 6.20 Å². The van der Waals surface area contributed by atoms with E-state index in [2.05, 4.69) is 20.3 Å². The lowest BCUT2D eigenvalue weighted by molar-refractivity contribution is 0.0931. The Hall–Kier alpha value is -3.22. The molecule has 7 heteroatoms. The number of imidazole rings is 1. The van der Waals surface area contributed by atoms with Crippen LogP contribution in [0.25, 0.3) is 0 Å². The number of aromatic nitrogens is 4. The molecule has 1 aromatic carbocycles. The van der Waals surface area contributed by atoms with Gasteiger partial charge in [-0.2, -0.15) is 0 Å². The summed E-state index contributed by atoms with van der Waals surface area (Å²) in [4.78, 5) is 35.4. The van der Waals surface area contributed by atoms with Crippen LogP contribution in [0, 0.1) is 13.8 Å². The van der Waals surface area contributed by atoms with Crippen LogP contribution in [0.4, 0.5) is 0 Å². The number of aromatic amines is 1. The highest BCUT2D eigenvalue weighted by Crippen LogP contribution is 2.18. The quantitative estimate of drug-likeness (QED) is 0.712. The summed E-state index contributed by atoms with van der Waals surface area (Å²) in [6, 6.07) is 9.48. The Morgan fingerprint density at radius 1 is 1.23 bits per heavy atom. The molecule has 7 nitrogen and oxygen atoms in total. The van der Waals surface area contributed by atoms with Gasteiger partial charge in [0.15, 0.2) is 0 Å². The fraction of sp³-hybridized carbons (Fsp3) is 0.263. The lowest BCUT2D eigenvalue weighted by Crippen LogP contribution is -2.33. The molecule has 0 bridgehead atoms. The number of amides is 1. The van der Waals surface area contributed by atoms with Gasteiger partial charge in [-0.1, -0.05) is 30.3 Å². The molecule has 0 aliphatic rings. The molecule has 1 atom stereocenters. The molecule has 3 rings (SSSR count). The van der Waals surface area contributed by atoms with Crippen molar-refractivity contribution in [2.24, 2.45) is 0 Å². The minimum atomic E-state index is -0.438. The molecule has 3 aromatic rings. The number of nitrogens with zero attached hydrogens (tertiary/aromatic N) is 3. The van der Waals surface area contributed by atoms with E-state index >= 15 is 0 Å². The number of carbonyl (C=O) groups excluding carboxylic acids is 1. The molecule has 0 fully saturated rings. The minimum absolute atomic E-state index is 0.00958. The van der Waals surface area contributed by atoms with Crippen LogP contribution in [-0.2, 0) is 6.54 Å². The summed E-state index contributed by atoms with van der Waals surface area (Å²) in [5.41, 5.74) is 0.553. The molecule has 2 heterocycles. The molecule has 0 saturated carbocycles. The van der Waals surface area contributed by atoms with Crippen molar-refractivity contribution in [3.8, 4) is 0 Å². The first-order chi connectivity index (χ1) is 12.5. The van der Waals surface area contributed by atoms with Gasteiger partial charge in [0.25, 0.3) is 11.5 Å². The van der Waals surface area contributed by atoms with Gasteiger partial charge in [-0.25, -0.2) is 9.97 Å². The van der Waals surface area contributed by atoms with Gasteiger partial charge in [-0.3, -0.25) is 9.59 Å². The van der Waals surface area contributed by atoms with Gasteiger partial charge in [-0.05, 0) is 25.8 Å². The second-order valence-electron chi connectivity index (χ2n) is 6.10. The lowest BCUT2D eigenvalue weighted by atomic mass is 10.0. The fourth-order valence-electron chi connectivity index (χ4n) is 2.80. The molecule has 1 unspecified atom stereocenters. The third kappa shape index (κ3) is 4.05. The maximum Gasteiger partial charge on any atom is 0.263 e. The van der Waals surface area contributed by atoms with Crippen LogP contribution in [0.5, 0.6) is 0 Å². The van der Waals surface area contributed by atoms with Gasteiger partial charge < -0.3 is 14.9 Å². The average Bonchev–Trinajstić information content (AvgIpc) is 3.04. The molecule has 0 aliphatic carbocycles. The number of aryl methyl sites for hydroxylation is 3. The molecule has 134 valence electrons. The van der Waals surface area contributed by atoms with E-state index in [4.69, 9.17) is 0 Å². The number of hydrogen-bond acceptors (Lipinski definition) is 4. The third-order valence-electron chi connectivity index (χ3n) is 4.26. The van der Waals surface area contributed by atoms with E-state index in [1.54, 1.807) is 13.1 Å². The normalized spacial score (nSPS) is 11.9. The lowest BCUT2D eigenvalue weighted by Gasteiger charge is -2.20. The Kier molecular flexibility index (Phi) is 5.26. The Labute approximate surface area is 151 Å². The van der Waals surface area contributed by atoms with E-state index in [-0.39, 0.29) is 11.6 Å². The van der Waals surface area contributed by atoms with Crippen LogP contribution in [-0.4, -0.2) is 25.4 Å². The molecular weight excluding hydrogens is 330 g/mol. The van der Waals surface area contributed by atoms with Gasteiger partial charge in [0.05, 0.1) is 6.04 Å². The number of nitrogens with one attached hydrogen (secondary N) is 2. The summed E-state index contributed by atoms with van der Waals surface area (Å²) in [6.07, 6.45) is 5.65. The molecule has 0 saturated heterocycles. The summed E-state index contributed by atoms with van der Waals surface area (Å²) in [6.45, 7) is 4.31. The van der Waals surface area contributed by atoms with Crippen LogP contribution in [0.1, 0.15) is 40.0 Å². The molecule has 0 radical (unpaired) electrons. The van der Waals surface area contributed by atoms with Crippen LogP contribution in [0.3, 0.4) is 0 Å². The van der Waals surface area contributed by atoms with Crippen LogP contribution in [0.2, 0.25) is 0 Å². The van der Waals surface area contributed by atoms with Crippen LogP contribution < -0.4 is 10.9 Å². The fourth-order valence-corrected chi connectivity index (χ4v) is 2.80. The van der Waals surface area contributed by atoms with Gasteiger partial charge in [0.2, 0.25) is 0 Å². The van der Waals surface area contributed by atoms with Gasteiger partial charge in [0, 0.05) is 25.1 Å². The number of benzene rings is 1.